The molecule has 2 atom stereocenters. The number of rotatable bonds is 2. The zero-order valence-corrected chi connectivity index (χ0v) is 11.2. The summed E-state index contributed by atoms with van der Waals surface area (Å²) in [7, 11) is 0. The molecular weight excluding hydrogens is 226 g/mol. The van der Waals surface area contributed by atoms with Crippen LogP contribution in [0.25, 0.3) is 0 Å². The van der Waals surface area contributed by atoms with Gasteiger partial charge in [0.1, 0.15) is 0 Å². The molecule has 0 aromatic carbocycles. The molecule has 0 spiro atoms. The van der Waals surface area contributed by atoms with Crippen LogP contribution in [0.4, 0.5) is 0 Å². The summed E-state index contributed by atoms with van der Waals surface area (Å²) in [5.74, 6) is 3.37. The van der Waals surface area contributed by atoms with Crippen molar-refractivity contribution in [3.63, 3.8) is 0 Å². The lowest BCUT2D eigenvalue weighted by Crippen LogP contribution is -2.08. The zero-order chi connectivity index (χ0) is 12.4. The Kier molecular flexibility index (Phi) is 3.64. The number of nitrogens with zero attached hydrogens (tertiary/aromatic N) is 2. The van der Waals surface area contributed by atoms with Crippen LogP contribution in [-0.2, 0) is 0 Å². The lowest BCUT2D eigenvalue weighted by atomic mass is 9.97. The largest absolute Gasteiger partial charge is 0.339 e. The van der Waals surface area contributed by atoms with Gasteiger partial charge in [-0.25, -0.2) is 0 Å². The third kappa shape index (κ3) is 2.44. The van der Waals surface area contributed by atoms with Crippen molar-refractivity contribution in [2.75, 3.05) is 13.1 Å². The Morgan fingerprint density at radius 3 is 2.56 bits per heavy atom. The van der Waals surface area contributed by atoms with Crippen LogP contribution < -0.4 is 5.32 Å². The van der Waals surface area contributed by atoms with Gasteiger partial charge in [0.2, 0.25) is 5.89 Å². The molecule has 100 valence electrons. The van der Waals surface area contributed by atoms with Gasteiger partial charge in [0.05, 0.1) is 5.92 Å². The summed E-state index contributed by atoms with van der Waals surface area (Å²) >= 11 is 0. The predicted molar refractivity (Wildman–Crippen MR) is 69.5 cm³/mol. The molecule has 0 unspecified atom stereocenters. The van der Waals surface area contributed by atoms with E-state index < -0.39 is 0 Å². The monoisotopic (exact) mass is 249 g/mol. The normalized spacial score (nSPS) is 30.5. The van der Waals surface area contributed by atoms with Gasteiger partial charge >= 0.3 is 0 Å². The topological polar surface area (TPSA) is 51.0 Å². The molecule has 1 N–H and O–H groups in total. The van der Waals surface area contributed by atoms with E-state index in [0.29, 0.717) is 17.8 Å². The second-order valence-electron chi connectivity index (χ2n) is 5.92. The van der Waals surface area contributed by atoms with Crippen molar-refractivity contribution in [3.05, 3.63) is 11.7 Å². The number of aromatic nitrogens is 2. The van der Waals surface area contributed by atoms with E-state index in [0.717, 1.165) is 24.8 Å². The van der Waals surface area contributed by atoms with E-state index in [1.54, 1.807) is 0 Å². The fourth-order valence-corrected chi connectivity index (χ4v) is 3.24. The van der Waals surface area contributed by atoms with Gasteiger partial charge in [-0.1, -0.05) is 37.8 Å². The number of hydrogen-bond acceptors (Lipinski definition) is 4. The van der Waals surface area contributed by atoms with Gasteiger partial charge in [-0.05, 0) is 25.3 Å². The van der Waals surface area contributed by atoms with Crippen molar-refractivity contribution < 1.29 is 4.52 Å². The van der Waals surface area contributed by atoms with Gasteiger partial charge in [0.25, 0.3) is 0 Å². The van der Waals surface area contributed by atoms with E-state index in [1.807, 2.05) is 0 Å². The van der Waals surface area contributed by atoms with Crippen LogP contribution in [0.5, 0.6) is 0 Å². The average molecular weight is 249 g/mol. The van der Waals surface area contributed by atoms with Crippen LogP contribution >= 0.6 is 0 Å². The van der Waals surface area contributed by atoms with E-state index in [2.05, 4.69) is 17.4 Å². The van der Waals surface area contributed by atoms with Crippen LogP contribution in [-0.4, -0.2) is 23.2 Å². The predicted octanol–water partition coefficient (Wildman–Crippen LogP) is 2.83. The van der Waals surface area contributed by atoms with Gasteiger partial charge in [0, 0.05) is 12.5 Å². The molecule has 4 nitrogen and oxygen atoms in total. The van der Waals surface area contributed by atoms with E-state index in [-0.39, 0.29) is 0 Å². The highest BCUT2D eigenvalue weighted by atomic mass is 16.5. The van der Waals surface area contributed by atoms with Crippen LogP contribution in [0.2, 0.25) is 0 Å². The molecule has 1 saturated heterocycles. The lowest BCUT2D eigenvalue weighted by Gasteiger charge is -2.09. The summed E-state index contributed by atoms with van der Waals surface area (Å²) < 4.78 is 5.51. The fraction of sp³-hybridized carbons (Fsp3) is 0.857. The highest BCUT2D eigenvalue weighted by Gasteiger charge is 2.30. The molecule has 0 radical (unpaired) electrons. The standard InChI is InChI=1S/C14H23N3O/c1-10-8-15-9-12(10)14-16-13(17-18-14)11-6-4-2-3-5-7-11/h10-12,15H,2-9H2,1H3/t10-,12-/m1/s1. The first kappa shape index (κ1) is 12.2. The quantitative estimate of drug-likeness (QED) is 0.819. The van der Waals surface area contributed by atoms with Crippen molar-refractivity contribution in [2.24, 2.45) is 5.92 Å². The minimum atomic E-state index is 0.414. The smallest absolute Gasteiger partial charge is 0.231 e. The molecule has 2 aliphatic rings. The summed E-state index contributed by atoms with van der Waals surface area (Å²) in [6, 6.07) is 0. The molecule has 1 aliphatic carbocycles. The Labute approximate surface area is 109 Å². The van der Waals surface area contributed by atoms with E-state index in [4.69, 9.17) is 9.51 Å². The molecule has 2 fully saturated rings. The summed E-state index contributed by atoms with van der Waals surface area (Å²) in [5.41, 5.74) is 0. The Hall–Kier alpha value is -0.900. The minimum absolute atomic E-state index is 0.414. The Morgan fingerprint density at radius 1 is 1.11 bits per heavy atom. The molecule has 1 aromatic rings. The summed E-state index contributed by atoms with van der Waals surface area (Å²) in [6.45, 7) is 4.29. The molecule has 1 aromatic heterocycles. The average Bonchev–Trinajstić information content (AvgIpc) is 2.91. The van der Waals surface area contributed by atoms with E-state index >= 15 is 0 Å². The number of nitrogens with one attached hydrogen (secondary N) is 1. The van der Waals surface area contributed by atoms with E-state index in [9.17, 15) is 0 Å². The Bertz CT molecular complexity index is 382. The maximum absolute atomic E-state index is 5.51. The molecular formula is C14H23N3O. The highest BCUT2D eigenvalue weighted by Crippen LogP contribution is 2.32. The molecule has 0 bridgehead atoms. The molecule has 3 rings (SSSR count). The van der Waals surface area contributed by atoms with Gasteiger partial charge in [-0.3, -0.25) is 0 Å². The Morgan fingerprint density at radius 2 is 1.89 bits per heavy atom. The third-order valence-electron chi connectivity index (χ3n) is 4.51. The first-order valence-corrected chi connectivity index (χ1v) is 7.39. The molecule has 18 heavy (non-hydrogen) atoms. The first-order valence-electron chi connectivity index (χ1n) is 7.39. The SMILES string of the molecule is C[C@@H]1CNC[C@H]1c1nc(C2CCCCCC2)no1. The second-order valence-corrected chi connectivity index (χ2v) is 5.92. The maximum atomic E-state index is 5.51. The summed E-state index contributed by atoms with van der Waals surface area (Å²) in [4.78, 5) is 4.69. The lowest BCUT2D eigenvalue weighted by molar-refractivity contribution is 0.333. The van der Waals surface area contributed by atoms with Crippen LogP contribution in [0.3, 0.4) is 0 Å². The molecule has 2 heterocycles. The van der Waals surface area contributed by atoms with E-state index in [1.165, 1.54) is 38.5 Å². The van der Waals surface area contributed by atoms with Crippen molar-refractivity contribution in [2.45, 2.75) is 57.3 Å². The van der Waals surface area contributed by atoms with Crippen molar-refractivity contribution >= 4 is 0 Å². The zero-order valence-electron chi connectivity index (χ0n) is 11.2. The summed E-state index contributed by atoms with van der Waals surface area (Å²) in [5, 5.41) is 7.64. The van der Waals surface area contributed by atoms with Gasteiger partial charge in [-0.2, -0.15) is 4.98 Å². The fourth-order valence-electron chi connectivity index (χ4n) is 3.24. The number of hydrogen-bond donors (Lipinski definition) is 1. The summed E-state index contributed by atoms with van der Waals surface area (Å²) in [6.07, 6.45) is 7.83. The van der Waals surface area contributed by atoms with Gasteiger partial charge < -0.3 is 9.84 Å². The van der Waals surface area contributed by atoms with Crippen LogP contribution in [0, 0.1) is 5.92 Å². The molecule has 1 aliphatic heterocycles. The van der Waals surface area contributed by atoms with Crippen LogP contribution in [0.1, 0.15) is 69.0 Å². The molecule has 4 heteroatoms. The van der Waals surface area contributed by atoms with Gasteiger partial charge in [0.15, 0.2) is 5.82 Å². The Balaban J connectivity index is 1.72. The minimum Gasteiger partial charge on any atom is -0.339 e. The van der Waals surface area contributed by atoms with Crippen molar-refractivity contribution in [3.8, 4) is 0 Å². The van der Waals surface area contributed by atoms with Crippen LogP contribution in [0.15, 0.2) is 4.52 Å². The molecule has 1 saturated carbocycles. The van der Waals surface area contributed by atoms with Crippen molar-refractivity contribution in [1.82, 2.24) is 15.5 Å². The second kappa shape index (κ2) is 5.39. The maximum Gasteiger partial charge on any atom is 0.231 e. The molecule has 0 amide bonds. The first-order chi connectivity index (χ1) is 8.84. The van der Waals surface area contributed by atoms with Crippen molar-refractivity contribution in [1.29, 1.82) is 0 Å². The van der Waals surface area contributed by atoms with Gasteiger partial charge in [-0.15, -0.1) is 0 Å². The highest BCUT2D eigenvalue weighted by molar-refractivity contribution is 5.03. The third-order valence-corrected chi connectivity index (χ3v) is 4.51.